The van der Waals surface area contributed by atoms with E-state index in [0.29, 0.717) is 4.52 Å². The first-order chi connectivity index (χ1) is 15.9. The largest absolute Gasteiger partial charge is 0.433 e. The third kappa shape index (κ3) is 4.19. The number of aromatic nitrogens is 3. The molecule has 2 N–H and O–H groups in total. The molecular formula is C22H17F3N4O4S. The summed E-state index contributed by atoms with van der Waals surface area (Å²) in [5.74, 6) is -0.945. The molecule has 0 fully saturated rings. The van der Waals surface area contributed by atoms with Gasteiger partial charge in [0.25, 0.3) is 11.5 Å². The average molecular weight is 490 g/mol. The molecule has 2 heterocycles. The van der Waals surface area contributed by atoms with Gasteiger partial charge < -0.3 is 5.32 Å². The molecule has 34 heavy (non-hydrogen) atoms. The smallest absolute Gasteiger partial charge is 0.322 e. The summed E-state index contributed by atoms with van der Waals surface area (Å²) in [6, 6.07) is 13.0. The van der Waals surface area contributed by atoms with Crippen LogP contribution in [0.4, 0.5) is 18.9 Å². The van der Waals surface area contributed by atoms with Crippen molar-refractivity contribution in [2.45, 2.75) is 18.0 Å². The van der Waals surface area contributed by atoms with Gasteiger partial charge in [-0.05, 0) is 30.7 Å². The number of nitrogens with one attached hydrogen (secondary N) is 2. The van der Waals surface area contributed by atoms with E-state index in [-0.39, 0.29) is 33.1 Å². The van der Waals surface area contributed by atoms with Crippen LogP contribution in [-0.4, -0.2) is 35.2 Å². The molecule has 0 aliphatic carbocycles. The van der Waals surface area contributed by atoms with E-state index in [4.69, 9.17) is 0 Å². The van der Waals surface area contributed by atoms with Crippen molar-refractivity contribution >= 4 is 27.1 Å². The van der Waals surface area contributed by atoms with Crippen LogP contribution in [0.1, 0.15) is 21.7 Å². The number of nitrogens with zero attached hydrogens (tertiary/aromatic N) is 2. The average Bonchev–Trinajstić information content (AvgIpc) is 3.14. The van der Waals surface area contributed by atoms with Crippen LogP contribution in [-0.2, 0) is 16.0 Å². The lowest BCUT2D eigenvalue weighted by Gasteiger charge is -2.09. The molecule has 0 aliphatic heterocycles. The van der Waals surface area contributed by atoms with Gasteiger partial charge in [-0.3, -0.25) is 14.7 Å². The number of halogens is 3. The fraction of sp³-hybridized carbons (Fsp3) is 0.136. The number of carbonyl (C=O) groups is 1. The highest BCUT2D eigenvalue weighted by molar-refractivity contribution is 7.90. The van der Waals surface area contributed by atoms with Crippen molar-refractivity contribution in [2.75, 3.05) is 11.6 Å². The second kappa shape index (κ2) is 8.13. The normalized spacial score (nSPS) is 12.1. The van der Waals surface area contributed by atoms with Crippen LogP contribution in [0.3, 0.4) is 0 Å². The van der Waals surface area contributed by atoms with Crippen molar-refractivity contribution in [3.8, 4) is 11.1 Å². The van der Waals surface area contributed by atoms with E-state index >= 15 is 0 Å². The number of aryl methyl sites for hydroxylation is 1. The first kappa shape index (κ1) is 23.2. The summed E-state index contributed by atoms with van der Waals surface area (Å²) in [5.41, 5.74) is -3.12. The van der Waals surface area contributed by atoms with Gasteiger partial charge in [-0.25, -0.2) is 13.4 Å². The minimum absolute atomic E-state index is 0.0565. The van der Waals surface area contributed by atoms with E-state index in [1.165, 1.54) is 43.3 Å². The molecule has 2 aromatic heterocycles. The predicted octanol–water partition coefficient (Wildman–Crippen LogP) is 3.67. The van der Waals surface area contributed by atoms with Crippen molar-refractivity contribution in [3.05, 3.63) is 81.9 Å². The van der Waals surface area contributed by atoms with Gasteiger partial charge in [0.15, 0.2) is 15.5 Å². The van der Waals surface area contributed by atoms with Gasteiger partial charge in [0.2, 0.25) is 0 Å². The lowest BCUT2D eigenvalue weighted by Crippen LogP contribution is -2.29. The third-order valence-corrected chi connectivity index (χ3v) is 6.16. The van der Waals surface area contributed by atoms with Gasteiger partial charge in [0, 0.05) is 11.9 Å². The van der Waals surface area contributed by atoms with Crippen molar-refractivity contribution in [2.24, 2.45) is 0 Å². The zero-order valence-corrected chi connectivity index (χ0v) is 18.6. The van der Waals surface area contributed by atoms with E-state index in [1.54, 1.807) is 18.2 Å². The Labute approximate surface area is 191 Å². The first-order valence-corrected chi connectivity index (χ1v) is 11.7. The summed E-state index contributed by atoms with van der Waals surface area (Å²) in [6.07, 6.45) is -3.83. The molecule has 4 rings (SSSR count). The van der Waals surface area contributed by atoms with Gasteiger partial charge in [0.1, 0.15) is 11.3 Å². The molecule has 1 amide bonds. The quantitative estimate of drug-likeness (QED) is 0.453. The zero-order chi connectivity index (χ0) is 24.8. The maximum atomic E-state index is 13.8. The summed E-state index contributed by atoms with van der Waals surface area (Å²) in [5, 5.41) is 4.45. The fourth-order valence-electron chi connectivity index (χ4n) is 3.52. The highest BCUT2D eigenvalue weighted by Crippen LogP contribution is 2.38. The lowest BCUT2D eigenvalue weighted by molar-refractivity contribution is -0.140. The first-order valence-electron chi connectivity index (χ1n) is 9.77. The van der Waals surface area contributed by atoms with E-state index in [1.807, 2.05) is 5.10 Å². The topological polar surface area (TPSA) is 113 Å². The number of aromatic amines is 1. The van der Waals surface area contributed by atoms with Crippen LogP contribution >= 0.6 is 0 Å². The molecule has 176 valence electrons. The number of alkyl halides is 3. The molecule has 0 saturated heterocycles. The van der Waals surface area contributed by atoms with Crippen LogP contribution in [0.2, 0.25) is 0 Å². The van der Waals surface area contributed by atoms with Crippen LogP contribution in [0.25, 0.3) is 16.8 Å². The Balaban J connectivity index is 1.87. The second-order valence-corrected chi connectivity index (χ2v) is 9.53. The maximum absolute atomic E-state index is 13.8. The molecule has 0 spiro atoms. The predicted molar refractivity (Wildman–Crippen MR) is 118 cm³/mol. The molecule has 0 bridgehead atoms. The van der Waals surface area contributed by atoms with Gasteiger partial charge in [0.05, 0.1) is 16.2 Å². The van der Waals surface area contributed by atoms with Crippen molar-refractivity contribution in [1.29, 1.82) is 0 Å². The Morgan fingerprint density at radius 1 is 1.09 bits per heavy atom. The molecule has 8 nitrogen and oxygen atoms in total. The summed E-state index contributed by atoms with van der Waals surface area (Å²) >= 11 is 0. The van der Waals surface area contributed by atoms with Gasteiger partial charge in [-0.2, -0.15) is 17.7 Å². The molecule has 4 aromatic rings. The number of rotatable bonds is 4. The Morgan fingerprint density at radius 2 is 1.76 bits per heavy atom. The van der Waals surface area contributed by atoms with Gasteiger partial charge >= 0.3 is 6.18 Å². The zero-order valence-electron chi connectivity index (χ0n) is 17.8. The second-order valence-electron chi connectivity index (χ2n) is 7.52. The number of fused-ring (bicyclic) bond motifs is 1. The third-order valence-electron chi connectivity index (χ3n) is 5.05. The molecule has 0 radical (unpaired) electrons. The Morgan fingerprint density at radius 3 is 2.38 bits per heavy atom. The van der Waals surface area contributed by atoms with Crippen LogP contribution < -0.4 is 10.9 Å². The van der Waals surface area contributed by atoms with Gasteiger partial charge in [-0.1, -0.05) is 36.4 Å². The summed E-state index contributed by atoms with van der Waals surface area (Å²) in [6.45, 7) is 1.33. The monoisotopic (exact) mass is 490 g/mol. The number of H-pyrrole nitrogens is 1. The van der Waals surface area contributed by atoms with Crippen LogP contribution in [0.5, 0.6) is 0 Å². The number of amides is 1. The number of benzene rings is 2. The summed E-state index contributed by atoms with van der Waals surface area (Å²) in [4.78, 5) is 30.1. The molecule has 12 heteroatoms. The fourth-order valence-corrected chi connectivity index (χ4v) is 4.19. The van der Waals surface area contributed by atoms with Crippen LogP contribution in [0, 0.1) is 6.92 Å². The number of carbonyl (C=O) groups excluding carboxylic acids is 1. The standard InChI is InChI=1S/C22H17F3N4O4S/c1-12-16(20(30)27-14-9-6-10-15(11-14)34(2,32)33)21(31)29-19(26-12)17(13-7-4-3-5-8-13)18(28-29)22(23,24)25/h3-11,28H,1-2H3,(H,27,30). The number of anilines is 1. The number of hydrogen-bond acceptors (Lipinski definition) is 5. The Bertz CT molecular complexity index is 1590. The molecular weight excluding hydrogens is 473 g/mol. The number of hydrogen-bond donors (Lipinski definition) is 2. The van der Waals surface area contributed by atoms with Crippen molar-refractivity contribution in [1.82, 2.24) is 14.6 Å². The highest BCUT2D eigenvalue weighted by atomic mass is 32.2. The molecule has 2 aromatic carbocycles. The molecule has 0 atom stereocenters. The minimum Gasteiger partial charge on any atom is -0.322 e. The van der Waals surface area contributed by atoms with E-state index < -0.39 is 38.7 Å². The molecule has 0 saturated carbocycles. The molecule has 0 unspecified atom stereocenters. The van der Waals surface area contributed by atoms with E-state index in [9.17, 15) is 31.2 Å². The highest BCUT2D eigenvalue weighted by Gasteiger charge is 2.38. The molecule has 0 aliphatic rings. The van der Waals surface area contributed by atoms with E-state index in [0.717, 1.165) is 6.26 Å². The summed E-state index contributed by atoms with van der Waals surface area (Å²) in [7, 11) is -3.55. The number of sulfone groups is 1. The van der Waals surface area contributed by atoms with Crippen molar-refractivity contribution in [3.63, 3.8) is 0 Å². The minimum atomic E-state index is -4.83. The van der Waals surface area contributed by atoms with Crippen LogP contribution in [0.15, 0.2) is 64.3 Å². The maximum Gasteiger partial charge on any atom is 0.433 e. The van der Waals surface area contributed by atoms with Gasteiger partial charge in [-0.15, -0.1) is 0 Å². The van der Waals surface area contributed by atoms with Crippen molar-refractivity contribution < 1.29 is 26.4 Å². The Hall–Kier alpha value is -3.93. The summed E-state index contributed by atoms with van der Waals surface area (Å²) < 4.78 is 65.4. The van der Waals surface area contributed by atoms with E-state index in [2.05, 4.69) is 10.3 Å². The Kier molecular flexibility index (Phi) is 5.56. The lowest BCUT2D eigenvalue weighted by atomic mass is 10.1. The SMILES string of the molecule is Cc1nc2c(-c3ccccc3)c(C(F)(F)F)[nH]n2c(=O)c1C(=O)Nc1cccc(S(C)(=O)=O)c1.